The molecule has 0 aliphatic heterocycles. The summed E-state index contributed by atoms with van der Waals surface area (Å²) in [5.41, 5.74) is 0. The molecule has 0 fully saturated rings. The summed E-state index contributed by atoms with van der Waals surface area (Å²) < 4.78 is 0. The third-order valence-electron chi connectivity index (χ3n) is 1.77. The number of hydrogen-bond donors (Lipinski definition) is 6. The van der Waals surface area contributed by atoms with Crippen LogP contribution < -0.4 is 0 Å². The van der Waals surface area contributed by atoms with Crippen molar-refractivity contribution in [3.63, 3.8) is 0 Å². The molecule has 0 aromatic heterocycles. The quantitative estimate of drug-likeness (QED) is 0.245. The van der Waals surface area contributed by atoms with Crippen molar-refractivity contribution < 1.29 is 35.4 Å². The molecule has 0 aromatic rings. The molecule has 0 aromatic carbocycles. The van der Waals surface area contributed by atoms with Gasteiger partial charge in [-0.15, -0.1) is 0 Å². The lowest BCUT2D eigenvalue weighted by Crippen LogP contribution is -2.50. The number of carbonyl (C=O) groups excluding carboxylic acids is 1. The Balaban J connectivity index is 4.29. The minimum Gasteiger partial charge on any atom is -0.394 e. The molecule has 84 valence electrons. The zero-order chi connectivity index (χ0) is 11.3. The van der Waals surface area contributed by atoms with Crippen molar-refractivity contribution in [3.8, 4) is 0 Å². The van der Waals surface area contributed by atoms with E-state index >= 15 is 0 Å². The van der Waals surface area contributed by atoms with E-state index in [0.29, 0.717) is 0 Å². The molecular formula is C7H14O7. The molecule has 0 aliphatic carbocycles. The van der Waals surface area contributed by atoms with Gasteiger partial charge in [-0.05, 0) is 0 Å². The van der Waals surface area contributed by atoms with E-state index in [1.165, 1.54) is 0 Å². The number of aldehydes is 1. The van der Waals surface area contributed by atoms with Crippen LogP contribution in [0.1, 0.15) is 0 Å². The number of aliphatic hydroxyl groups is 6. The maximum Gasteiger partial charge on any atom is 0.151 e. The largest absolute Gasteiger partial charge is 0.394 e. The number of hydrogen-bond acceptors (Lipinski definition) is 7. The minimum atomic E-state index is -1.92. The first-order valence-corrected chi connectivity index (χ1v) is 3.92. The van der Waals surface area contributed by atoms with Crippen molar-refractivity contribution in [2.45, 2.75) is 30.5 Å². The second kappa shape index (κ2) is 6.02. The first-order chi connectivity index (χ1) is 6.45. The zero-order valence-corrected chi connectivity index (χ0v) is 7.26. The van der Waals surface area contributed by atoms with Crippen LogP contribution in [-0.2, 0) is 4.79 Å². The summed E-state index contributed by atoms with van der Waals surface area (Å²) in [5.74, 6) is 0. The molecule has 6 N–H and O–H groups in total. The summed E-state index contributed by atoms with van der Waals surface area (Å²) in [4.78, 5) is 10.00. The van der Waals surface area contributed by atoms with Crippen LogP contribution in [0.2, 0.25) is 0 Å². The van der Waals surface area contributed by atoms with Crippen LogP contribution in [0.4, 0.5) is 0 Å². The van der Waals surface area contributed by atoms with E-state index in [4.69, 9.17) is 30.6 Å². The van der Waals surface area contributed by atoms with E-state index in [1.54, 1.807) is 0 Å². The van der Waals surface area contributed by atoms with Gasteiger partial charge in [0.25, 0.3) is 0 Å². The van der Waals surface area contributed by atoms with Crippen LogP contribution in [0.25, 0.3) is 0 Å². The van der Waals surface area contributed by atoms with Gasteiger partial charge in [0.1, 0.15) is 30.5 Å². The molecule has 0 rings (SSSR count). The maximum atomic E-state index is 10.00. The molecule has 7 heteroatoms. The molecule has 0 bridgehead atoms. The Morgan fingerprint density at radius 3 is 1.79 bits per heavy atom. The maximum absolute atomic E-state index is 10.00. The van der Waals surface area contributed by atoms with Crippen LogP contribution in [-0.4, -0.2) is 74.1 Å². The predicted octanol–water partition coefficient (Wildman–Crippen LogP) is -4.02. The molecule has 0 saturated heterocycles. The Labute approximate surface area is 79.9 Å². The van der Waals surface area contributed by atoms with E-state index in [2.05, 4.69) is 0 Å². The summed E-state index contributed by atoms with van der Waals surface area (Å²) in [5, 5.41) is 53.2. The number of aliphatic hydroxyl groups excluding tert-OH is 6. The van der Waals surface area contributed by atoms with Gasteiger partial charge in [0.15, 0.2) is 6.29 Å². The fourth-order valence-electron chi connectivity index (χ4n) is 0.820. The van der Waals surface area contributed by atoms with Gasteiger partial charge in [-0.3, -0.25) is 0 Å². The molecule has 0 radical (unpaired) electrons. The van der Waals surface area contributed by atoms with Crippen molar-refractivity contribution in [3.05, 3.63) is 0 Å². The monoisotopic (exact) mass is 210 g/mol. The van der Waals surface area contributed by atoms with E-state index < -0.39 is 37.1 Å². The van der Waals surface area contributed by atoms with Crippen molar-refractivity contribution in [2.75, 3.05) is 6.61 Å². The first kappa shape index (κ1) is 13.4. The summed E-state index contributed by atoms with van der Waals surface area (Å²) in [6.07, 6.45) is -9.21. The van der Waals surface area contributed by atoms with Gasteiger partial charge in [-0.2, -0.15) is 0 Å². The van der Waals surface area contributed by atoms with Gasteiger partial charge in [-0.1, -0.05) is 0 Å². The Hall–Kier alpha value is -0.570. The van der Waals surface area contributed by atoms with Crippen LogP contribution >= 0.6 is 0 Å². The summed E-state index contributed by atoms with van der Waals surface area (Å²) in [6.45, 7) is -0.817. The zero-order valence-electron chi connectivity index (χ0n) is 7.26. The molecule has 5 atom stereocenters. The topological polar surface area (TPSA) is 138 Å². The molecular weight excluding hydrogens is 196 g/mol. The van der Waals surface area contributed by atoms with Crippen molar-refractivity contribution >= 4 is 6.29 Å². The Morgan fingerprint density at radius 1 is 0.929 bits per heavy atom. The minimum absolute atomic E-state index is 0.0219. The highest BCUT2D eigenvalue weighted by atomic mass is 16.4. The molecule has 0 amide bonds. The summed E-state index contributed by atoms with van der Waals surface area (Å²) >= 11 is 0. The van der Waals surface area contributed by atoms with E-state index in [-0.39, 0.29) is 6.29 Å². The normalized spacial score (nSPS) is 22.1. The Kier molecular flexibility index (Phi) is 5.77. The van der Waals surface area contributed by atoms with Crippen LogP contribution in [0.3, 0.4) is 0 Å². The molecule has 0 spiro atoms. The third-order valence-corrected chi connectivity index (χ3v) is 1.77. The van der Waals surface area contributed by atoms with Crippen molar-refractivity contribution in [1.29, 1.82) is 0 Å². The average molecular weight is 210 g/mol. The van der Waals surface area contributed by atoms with Crippen LogP contribution in [0.15, 0.2) is 0 Å². The van der Waals surface area contributed by atoms with Gasteiger partial charge >= 0.3 is 0 Å². The van der Waals surface area contributed by atoms with Gasteiger partial charge in [0.2, 0.25) is 0 Å². The van der Waals surface area contributed by atoms with Crippen molar-refractivity contribution in [2.24, 2.45) is 0 Å². The number of rotatable bonds is 6. The van der Waals surface area contributed by atoms with Crippen molar-refractivity contribution in [1.82, 2.24) is 0 Å². The highest BCUT2D eigenvalue weighted by Crippen LogP contribution is 2.07. The predicted molar refractivity (Wildman–Crippen MR) is 43.2 cm³/mol. The molecule has 0 heterocycles. The number of carbonyl (C=O) groups is 1. The van der Waals surface area contributed by atoms with Gasteiger partial charge in [0.05, 0.1) is 6.61 Å². The lowest BCUT2D eigenvalue weighted by Gasteiger charge is -2.26. The fraction of sp³-hybridized carbons (Fsp3) is 0.857. The lowest BCUT2D eigenvalue weighted by molar-refractivity contribution is -0.147. The fourth-order valence-corrected chi connectivity index (χ4v) is 0.820. The molecule has 14 heavy (non-hydrogen) atoms. The first-order valence-electron chi connectivity index (χ1n) is 3.92. The van der Waals surface area contributed by atoms with Gasteiger partial charge < -0.3 is 35.4 Å². The van der Waals surface area contributed by atoms with E-state index in [1.807, 2.05) is 0 Å². The molecule has 0 saturated carbocycles. The molecule has 0 aliphatic rings. The van der Waals surface area contributed by atoms with E-state index in [0.717, 1.165) is 0 Å². The smallest absolute Gasteiger partial charge is 0.151 e. The second-order valence-electron chi connectivity index (χ2n) is 2.85. The Bertz CT molecular complexity index is 173. The van der Waals surface area contributed by atoms with Gasteiger partial charge in [-0.25, -0.2) is 0 Å². The third kappa shape index (κ3) is 3.29. The standard InChI is InChI=1S/C7H14O7/c8-1-3(10)5(12)7(14)6(13)4(11)2-9/h1,3-7,9-14H,2H2/t3-,4?,5+,6+,7-/m1/s1. The Morgan fingerprint density at radius 2 is 1.43 bits per heavy atom. The highest BCUT2D eigenvalue weighted by molar-refractivity contribution is 5.56. The molecule has 7 nitrogen and oxygen atoms in total. The SMILES string of the molecule is O=C[C@@H](O)[C@H](O)[C@@H](O)[C@@H](O)C(O)CO. The van der Waals surface area contributed by atoms with Crippen LogP contribution in [0, 0.1) is 0 Å². The molecule has 1 unspecified atom stereocenters. The summed E-state index contributed by atoms with van der Waals surface area (Å²) in [6, 6.07) is 0. The van der Waals surface area contributed by atoms with Gasteiger partial charge in [0, 0.05) is 0 Å². The summed E-state index contributed by atoms with van der Waals surface area (Å²) in [7, 11) is 0. The lowest BCUT2D eigenvalue weighted by atomic mass is 10.0. The average Bonchev–Trinajstić information content (AvgIpc) is 2.23. The highest BCUT2D eigenvalue weighted by Gasteiger charge is 2.33. The second-order valence-corrected chi connectivity index (χ2v) is 2.85. The van der Waals surface area contributed by atoms with E-state index in [9.17, 15) is 4.79 Å². The van der Waals surface area contributed by atoms with Crippen LogP contribution in [0.5, 0.6) is 0 Å².